The van der Waals surface area contributed by atoms with Crippen LogP contribution in [-0.2, 0) is 27.6 Å². The number of nitrogens with one attached hydrogen (secondary N) is 2. The van der Waals surface area contributed by atoms with E-state index in [-0.39, 0.29) is 18.3 Å². The molecule has 126 valence electrons. The van der Waals surface area contributed by atoms with Gasteiger partial charge in [-0.15, -0.1) is 23.7 Å². The molecule has 5 nitrogen and oxygen atoms in total. The van der Waals surface area contributed by atoms with Gasteiger partial charge in [0.05, 0.1) is 6.54 Å². The fourth-order valence-electron chi connectivity index (χ4n) is 2.63. The van der Waals surface area contributed by atoms with Crippen molar-refractivity contribution in [3.8, 4) is 0 Å². The highest BCUT2D eigenvalue weighted by atomic mass is 35.5. The smallest absolute Gasteiger partial charge is 0.241 e. The number of sulfone groups is 1. The standard InChI is InChI=1S/C14H22N2O3S2.ClH/c1-3-11-4-5-12(20-11)10-16-13(17)14(21(2,18)19)6-8-15-9-7-14;/h4-5,15H,3,6-10H2,1-2H3,(H,16,17);1H. The van der Waals surface area contributed by atoms with Gasteiger partial charge in [0.15, 0.2) is 14.6 Å². The molecule has 2 heterocycles. The molecule has 22 heavy (non-hydrogen) atoms. The number of aryl methyl sites for hydroxylation is 1. The molecule has 1 aromatic rings. The van der Waals surface area contributed by atoms with Crippen LogP contribution in [0.15, 0.2) is 12.1 Å². The fourth-order valence-corrected chi connectivity index (χ4v) is 4.88. The first-order chi connectivity index (χ1) is 9.89. The summed E-state index contributed by atoms with van der Waals surface area (Å²) in [4.78, 5) is 14.8. The van der Waals surface area contributed by atoms with Gasteiger partial charge in [-0.2, -0.15) is 0 Å². The van der Waals surface area contributed by atoms with Crippen molar-refractivity contribution in [2.45, 2.75) is 37.5 Å². The van der Waals surface area contributed by atoms with E-state index in [1.54, 1.807) is 11.3 Å². The molecule has 0 spiro atoms. The van der Waals surface area contributed by atoms with Gasteiger partial charge in [0.2, 0.25) is 5.91 Å². The Labute approximate surface area is 142 Å². The molecule has 2 rings (SSSR count). The molecule has 0 saturated carbocycles. The van der Waals surface area contributed by atoms with Crippen LogP contribution in [0.3, 0.4) is 0 Å². The zero-order valence-electron chi connectivity index (χ0n) is 12.8. The van der Waals surface area contributed by atoms with Crippen molar-refractivity contribution in [2.75, 3.05) is 19.3 Å². The monoisotopic (exact) mass is 366 g/mol. The molecule has 0 unspecified atom stereocenters. The van der Waals surface area contributed by atoms with Crippen LogP contribution in [0, 0.1) is 0 Å². The van der Waals surface area contributed by atoms with Gasteiger partial charge in [0, 0.05) is 16.0 Å². The summed E-state index contributed by atoms with van der Waals surface area (Å²) in [6.07, 6.45) is 2.81. The van der Waals surface area contributed by atoms with E-state index in [0.29, 0.717) is 32.5 Å². The molecule has 0 bridgehead atoms. The number of piperidine rings is 1. The second-order valence-corrected chi connectivity index (χ2v) is 9.00. The third-order valence-electron chi connectivity index (χ3n) is 4.02. The van der Waals surface area contributed by atoms with Crippen LogP contribution in [0.25, 0.3) is 0 Å². The lowest BCUT2D eigenvalue weighted by atomic mass is 9.96. The predicted octanol–water partition coefficient (Wildman–Crippen LogP) is 1.52. The van der Waals surface area contributed by atoms with Crippen molar-refractivity contribution >= 4 is 39.5 Å². The van der Waals surface area contributed by atoms with Gasteiger partial charge in [-0.25, -0.2) is 8.42 Å². The van der Waals surface area contributed by atoms with Crippen LogP contribution in [0.2, 0.25) is 0 Å². The van der Waals surface area contributed by atoms with E-state index >= 15 is 0 Å². The Kier molecular flexibility index (Phi) is 6.85. The number of hydrogen-bond acceptors (Lipinski definition) is 5. The quantitative estimate of drug-likeness (QED) is 0.828. The van der Waals surface area contributed by atoms with E-state index in [1.165, 1.54) is 4.88 Å². The Hall–Kier alpha value is -0.630. The minimum Gasteiger partial charge on any atom is -0.350 e. The van der Waals surface area contributed by atoms with Crippen molar-refractivity contribution in [3.05, 3.63) is 21.9 Å². The fraction of sp³-hybridized carbons (Fsp3) is 0.643. The van der Waals surface area contributed by atoms with Crippen LogP contribution >= 0.6 is 23.7 Å². The highest BCUT2D eigenvalue weighted by molar-refractivity contribution is 7.92. The van der Waals surface area contributed by atoms with Gasteiger partial charge in [-0.05, 0) is 44.5 Å². The normalized spacial score (nSPS) is 17.5. The van der Waals surface area contributed by atoms with Gasteiger partial charge >= 0.3 is 0 Å². The number of amides is 1. The summed E-state index contributed by atoms with van der Waals surface area (Å²) in [6.45, 7) is 3.59. The number of rotatable bonds is 5. The lowest BCUT2D eigenvalue weighted by molar-refractivity contribution is -0.124. The summed E-state index contributed by atoms with van der Waals surface area (Å²) in [6, 6.07) is 4.03. The highest BCUT2D eigenvalue weighted by Gasteiger charge is 2.48. The van der Waals surface area contributed by atoms with Crippen molar-refractivity contribution in [3.63, 3.8) is 0 Å². The molecule has 0 aliphatic carbocycles. The predicted molar refractivity (Wildman–Crippen MR) is 92.5 cm³/mol. The number of hydrogen-bond donors (Lipinski definition) is 2. The van der Waals surface area contributed by atoms with Crippen LogP contribution in [0.4, 0.5) is 0 Å². The molecule has 2 N–H and O–H groups in total. The second-order valence-electron chi connectivity index (χ2n) is 5.42. The van der Waals surface area contributed by atoms with Gasteiger partial charge in [0.1, 0.15) is 0 Å². The van der Waals surface area contributed by atoms with Crippen LogP contribution in [0.1, 0.15) is 29.5 Å². The Balaban J connectivity index is 0.00000242. The maximum atomic E-state index is 12.5. The molecule has 0 atom stereocenters. The molecule has 1 aliphatic rings. The maximum Gasteiger partial charge on any atom is 0.241 e. The van der Waals surface area contributed by atoms with Crippen LogP contribution in [0.5, 0.6) is 0 Å². The van der Waals surface area contributed by atoms with Crippen molar-refractivity contribution in [1.29, 1.82) is 0 Å². The minimum absolute atomic E-state index is 0. The SMILES string of the molecule is CCc1ccc(CNC(=O)C2(S(C)(=O)=O)CCNCC2)s1.Cl. The molecule has 1 fully saturated rings. The minimum atomic E-state index is -3.44. The van der Waals surface area contributed by atoms with Crippen molar-refractivity contribution in [1.82, 2.24) is 10.6 Å². The second kappa shape index (κ2) is 7.77. The van der Waals surface area contributed by atoms with E-state index in [2.05, 4.69) is 17.6 Å². The molecule has 1 aliphatic heterocycles. The van der Waals surface area contributed by atoms with Crippen LogP contribution < -0.4 is 10.6 Å². The molecule has 1 saturated heterocycles. The zero-order chi connectivity index (χ0) is 15.5. The van der Waals surface area contributed by atoms with E-state index in [0.717, 1.165) is 17.6 Å². The molecule has 1 aromatic heterocycles. The number of halogens is 1. The van der Waals surface area contributed by atoms with Gasteiger partial charge in [0.25, 0.3) is 0 Å². The molecule has 0 radical (unpaired) electrons. The van der Waals surface area contributed by atoms with Gasteiger partial charge in [-0.3, -0.25) is 4.79 Å². The molecule has 1 amide bonds. The summed E-state index contributed by atoms with van der Waals surface area (Å²) >= 11 is 1.65. The molecular formula is C14H23ClN2O3S2. The molecule has 8 heteroatoms. The third kappa shape index (κ3) is 4.01. The zero-order valence-corrected chi connectivity index (χ0v) is 15.3. The summed E-state index contributed by atoms with van der Waals surface area (Å²) < 4.78 is 23.0. The first-order valence-electron chi connectivity index (χ1n) is 7.15. The Morgan fingerprint density at radius 2 is 1.91 bits per heavy atom. The summed E-state index contributed by atoms with van der Waals surface area (Å²) in [5, 5.41) is 5.93. The first-order valence-corrected chi connectivity index (χ1v) is 9.86. The first kappa shape index (κ1) is 19.4. The summed E-state index contributed by atoms with van der Waals surface area (Å²) in [5.74, 6) is -0.363. The number of carbonyl (C=O) groups is 1. The lowest BCUT2D eigenvalue weighted by Crippen LogP contribution is -2.57. The van der Waals surface area contributed by atoms with Crippen molar-refractivity contribution in [2.24, 2.45) is 0 Å². The number of thiophene rings is 1. The topological polar surface area (TPSA) is 75.3 Å². The molecular weight excluding hydrogens is 344 g/mol. The van der Waals surface area contributed by atoms with Crippen LogP contribution in [-0.4, -0.2) is 38.4 Å². The van der Waals surface area contributed by atoms with E-state index in [1.807, 2.05) is 12.1 Å². The summed E-state index contributed by atoms with van der Waals surface area (Å²) in [5.41, 5.74) is 0. The largest absolute Gasteiger partial charge is 0.350 e. The summed E-state index contributed by atoms with van der Waals surface area (Å²) in [7, 11) is -3.44. The maximum absolute atomic E-state index is 12.5. The van der Waals surface area contributed by atoms with Gasteiger partial charge < -0.3 is 10.6 Å². The highest BCUT2D eigenvalue weighted by Crippen LogP contribution is 2.28. The van der Waals surface area contributed by atoms with Crippen molar-refractivity contribution < 1.29 is 13.2 Å². The Bertz CT molecular complexity index is 607. The van der Waals surface area contributed by atoms with E-state index < -0.39 is 14.6 Å². The Morgan fingerprint density at radius 3 is 2.41 bits per heavy atom. The average molecular weight is 367 g/mol. The van der Waals surface area contributed by atoms with E-state index in [4.69, 9.17) is 0 Å². The average Bonchev–Trinajstić information content (AvgIpc) is 2.92. The Morgan fingerprint density at radius 1 is 1.32 bits per heavy atom. The third-order valence-corrected chi connectivity index (χ3v) is 7.27. The number of carbonyl (C=O) groups excluding carboxylic acids is 1. The molecule has 0 aromatic carbocycles. The lowest BCUT2D eigenvalue weighted by Gasteiger charge is -2.34. The van der Waals surface area contributed by atoms with E-state index in [9.17, 15) is 13.2 Å². The van der Waals surface area contributed by atoms with Gasteiger partial charge in [-0.1, -0.05) is 6.92 Å².